The molecule has 0 fully saturated rings. The van der Waals surface area contributed by atoms with Gasteiger partial charge in [-0.2, -0.15) is 0 Å². The van der Waals surface area contributed by atoms with Crippen LogP contribution in [0, 0.1) is 5.41 Å². The summed E-state index contributed by atoms with van der Waals surface area (Å²) in [5, 5.41) is 17.8. The third-order valence-corrected chi connectivity index (χ3v) is 3.17. The third-order valence-electron chi connectivity index (χ3n) is 3.17. The van der Waals surface area contributed by atoms with Crippen LogP contribution in [0.4, 0.5) is 0 Å². The molecule has 0 radical (unpaired) electrons. The number of ether oxygens (including phenoxy) is 1. The van der Waals surface area contributed by atoms with Crippen LogP contribution >= 0.6 is 0 Å². The highest BCUT2D eigenvalue weighted by atomic mass is 16.6. The second-order valence-corrected chi connectivity index (χ2v) is 4.29. The van der Waals surface area contributed by atoms with E-state index in [1.807, 2.05) is 12.2 Å². The minimum absolute atomic E-state index is 0.301. The van der Waals surface area contributed by atoms with E-state index in [1.165, 1.54) is 0 Å². The first-order valence-electron chi connectivity index (χ1n) is 5.57. The molecule has 2 heterocycles. The lowest BCUT2D eigenvalue weighted by Crippen LogP contribution is -2.38. The quantitative estimate of drug-likeness (QED) is 0.682. The van der Waals surface area contributed by atoms with Gasteiger partial charge in [-0.15, -0.1) is 0 Å². The van der Waals surface area contributed by atoms with Gasteiger partial charge in [-0.1, -0.05) is 0 Å². The fraction of sp³-hybridized carbons (Fsp3) is 0.364. The molecule has 17 heavy (non-hydrogen) atoms. The summed E-state index contributed by atoms with van der Waals surface area (Å²) < 4.78 is 10.3. The van der Waals surface area contributed by atoms with Crippen LogP contribution in [-0.2, 0) is 9.39 Å². The zero-order valence-corrected chi connectivity index (χ0v) is 9.17. The Hall–Kier alpha value is -1.53. The lowest BCUT2D eigenvalue weighted by atomic mass is 9.72. The van der Waals surface area contributed by atoms with Gasteiger partial charge in [0.05, 0.1) is 17.4 Å². The SMILES string of the molecule is OB(O)OC1=CC2=CC3(C=CO2)CCCN=C13. The van der Waals surface area contributed by atoms with E-state index in [1.54, 1.807) is 12.3 Å². The standard InChI is InChI=1S/C11H12BNO4/c14-12(15)17-9-6-8-7-11(3-5-16-8)2-1-4-13-10(9)11/h3,5-7,14-15H,1-2,4H2. The van der Waals surface area contributed by atoms with Gasteiger partial charge in [0.1, 0.15) is 11.5 Å². The summed E-state index contributed by atoms with van der Waals surface area (Å²) in [4.78, 5) is 4.45. The molecule has 1 atom stereocenters. The van der Waals surface area contributed by atoms with E-state index >= 15 is 0 Å². The molecule has 0 amide bonds. The van der Waals surface area contributed by atoms with Crippen molar-refractivity contribution < 1.29 is 19.4 Å². The van der Waals surface area contributed by atoms with Gasteiger partial charge in [-0.3, -0.25) is 4.99 Å². The van der Waals surface area contributed by atoms with E-state index in [9.17, 15) is 0 Å². The van der Waals surface area contributed by atoms with Crippen molar-refractivity contribution in [3.8, 4) is 0 Å². The maximum Gasteiger partial charge on any atom is 0.707 e. The van der Waals surface area contributed by atoms with Crippen molar-refractivity contribution in [2.24, 2.45) is 10.4 Å². The maximum absolute atomic E-state index is 8.92. The van der Waals surface area contributed by atoms with Crippen molar-refractivity contribution in [2.45, 2.75) is 12.8 Å². The van der Waals surface area contributed by atoms with Crippen LogP contribution in [-0.4, -0.2) is 29.6 Å². The molecule has 5 nitrogen and oxygen atoms in total. The van der Waals surface area contributed by atoms with E-state index in [-0.39, 0.29) is 5.41 Å². The Bertz CT molecular complexity index is 466. The zero-order valence-electron chi connectivity index (χ0n) is 9.17. The molecule has 0 aromatic heterocycles. The summed E-state index contributed by atoms with van der Waals surface area (Å²) >= 11 is 0. The first-order valence-corrected chi connectivity index (χ1v) is 5.57. The predicted octanol–water partition coefficient (Wildman–Crippen LogP) is 0.519. The van der Waals surface area contributed by atoms with Crippen molar-refractivity contribution in [3.05, 3.63) is 36.0 Å². The largest absolute Gasteiger partial charge is 0.707 e. The minimum atomic E-state index is -1.84. The Morgan fingerprint density at radius 1 is 1.47 bits per heavy atom. The number of allylic oxidation sites excluding steroid dienone is 4. The highest BCUT2D eigenvalue weighted by Crippen LogP contribution is 2.42. The van der Waals surface area contributed by atoms with Crippen molar-refractivity contribution in [2.75, 3.05) is 6.54 Å². The van der Waals surface area contributed by atoms with Crippen LogP contribution in [0.2, 0.25) is 0 Å². The average molecular weight is 233 g/mol. The number of rotatable bonds is 2. The van der Waals surface area contributed by atoms with Crippen LogP contribution in [0.5, 0.6) is 0 Å². The molecule has 3 rings (SSSR count). The number of aliphatic imine (C=N–C) groups is 1. The van der Waals surface area contributed by atoms with Crippen LogP contribution in [0.1, 0.15) is 12.8 Å². The minimum Gasteiger partial charge on any atom is -0.510 e. The van der Waals surface area contributed by atoms with Gasteiger partial charge in [0.2, 0.25) is 0 Å². The summed E-state index contributed by atoms with van der Waals surface area (Å²) in [6.07, 6.45) is 9.14. The molecular weight excluding hydrogens is 221 g/mol. The van der Waals surface area contributed by atoms with E-state index in [2.05, 4.69) is 4.99 Å². The van der Waals surface area contributed by atoms with Crippen molar-refractivity contribution in [1.29, 1.82) is 0 Å². The van der Waals surface area contributed by atoms with Gasteiger partial charge in [0.15, 0.2) is 0 Å². The van der Waals surface area contributed by atoms with Gasteiger partial charge in [-0.05, 0) is 25.0 Å². The smallest absolute Gasteiger partial charge is 0.510 e. The Balaban J connectivity index is 2.04. The Kier molecular flexibility index (Phi) is 2.34. The van der Waals surface area contributed by atoms with Crippen molar-refractivity contribution in [1.82, 2.24) is 0 Å². The summed E-state index contributed by atoms with van der Waals surface area (Å²) in [6.45, 7) is 0.733. The number of hydrogen-bond acceptors (Lipinski definition) is 5. The highest BCUT2D eigenvalue weighted by Gasteiger charge is 2.41. The number of hydrogen-bond donors (Lipinski definition) is 2. The molecule has 1 spiro atoms. The Labute approximate surface area is 98.9 Å². The molecule has 2 bridgehead atoms. The van der Waals surface area contributed by atoms with E-state index in [4.69, 9.17) is 19.4 Å². The molecule has 6 heteroatoms. The first-order chi connectivity index (χ1) is 8.20. The fourth-order valence-corrected chi connectivity index (χ4v) is 2.48. The normalized spacial score (nSPS) is 29.4. The van der Waals surface area contributed by atoms with Gasteiger partial charge >= 0.3 is 7.32 Å². The first kappa shape index (κ1) is 10.6. The van der Waals surface area contributed by atoms with Crippen molar-refractivity contribution >= 4 is 13.0 Å². The second kappa shape index (κ2) is 3.75. The summed E-state index contributed by atoms with van der Waals surface area (Å²) in [6, 6.07) is 0. The van der Waals surface area contributed by atoms with Gasteiger partial charge in [0.25, 0.3) is 0 Å². The highest BCUT2D eigenvalue weighted by molar-refractivity contribution is 6.34. The molecule has 2 aliphatic heterocycles. The molecule has 0 aromatic carbocycles. The predicted molar refractivity (Wildman–Crippen MR) is 61.6 cm³/mol. The molecule has 0 aromatic rings. The maximum atomic E-state index is 8.92. The lowest BCUT2D eigenvalue weighted by molar-refractivity contribution is 0.239. The van der Waals surface area contributed by atoms with Gasteiger partial charge in [-0.25, -0.2) is 0 Å². The molecule has 2 N–H and O–H groups in total. The molecule has 1 aliphatic carbocycles. The topological polar surface area (TPSA) is 71.3 Å². The van der Waals surface area contributed by atoms with E-state index in [0.717, 1.165) is 25.1 Å². The third kappa shape index (κ3) is 1.69. The molecule has 3 aliphatic rings. The van der Waals surface area contributed by atoms with Crippen LogP contribution in [0.25, 0.3) is 0 Å². The Morgan fingerprint density at radius 2 is 2.35 bits per heavy atom. The monoisotopic (exact) mass is 233 g/mol. The molecule has 0 saturated carbocycles. The van der Waals surface area contributed by atoms with Crippen LogP contribution < -0.4 is 0 Å². The van der Waals surface area contributed by atoms with Gasteiger partial charge < -0.3 is 19.4 Å². The summed E-state index contributed by atoms with van der Waals surface area (Å²) in [5.41, 5.74) is 0.449. The summed E-state index contributed by atoms with van der Waals surface area (Å²) in [5.74, 6) is 1.03. The number of nitrogens with zero attached hydrogens (tertiary/aromatic N) is 1. The molecule has 1 unspecified atom stereocenters. The van der Waals surface area contributed by atoms with Crippen molar-refractivity contribution in [3.63, 3.8) is 0 Å². The van der Waals surface area contributed by atoms with E-state index in [0.29, 0.717) is 11.5 Å². The molecule has 0 saturated heterocycles. The summed E-state index contributed by atoms with van der Waals surface area (Å²) in [7, 11) is -1.84. The van der Waals surface area contributed by atoms with E-state index < -0.39 is 7.32 Å². The molecular formula is C11H12BNO4. The van der Waals surface area contributed by atoms with Crippen LogP contribution in [0.3, 0.4) is 0 Å². The van der Waals surface area contributed by atoms with Gasteiger partial charge in [0, 0.05) is 12.6 Å². The molecule has 88 valence electrons. The van der Waals surface area contributed by atoms with Crippen LogP contribution in [0.15, 0.2) is 41.0 Å². The second-order valence-electron chi connectivity index (χ2n) is 4.29. The average Bonchev–Trinajstić information content (AvgIpc) is 2.27. The Morgan fingerprint density at radius 3 is 3.18 bits per heavy atom. The zero-order chi connectivity index (χ0) is 11.9. The lowest BCUT2D eigenvalue weighted by Gasteiger charge is -2.38. The fourth-order valence-electron chi connectivity index (χ4n) is 2.48.